The third-order valence-electron chi connectivity index (χ3n) is 2.87. The predicted octanol–water partition coefficient (Wildman–Crippen LogP) is 1.99. The van der Waals surface area contributed by atoms with Gasteiger partial charge in [-0.1, -0.05) is 12.1 Å². The van der Waals surface area contributed by atoms with Crippen LogP contribution in [0.4, 0.5) is 0 Å². The van der Waals surface area contributed by atoms with E-state index < -0.39 is 0 Å². The van der Waals surface area contributed by atoms with E-state index in [1.807, 2.05) is 12.1 Å². The fraction of sp³-hybridized carbons (Fsp3) is 0.467. The van der Waals surface area contributed by atoms with Gasteiger partial charge in [0.25, 0.3) is 0 Å². The van der Waals surface area contributed by atoms with Gasteiger partial charge in [0.1, 0.15) is 0 Å². The van der Waals surface area contributed by atoms with Gasteiger partial charge in [-0.15, -0.1) is 6.58 Å². The Bertz CT molecular complexity index is 416. The first-order valence-electron chi connectivity index (χ1n) is 6.47. The number of ether oxygens (including phenoxy) is 1. The molecule has 106 valence electrons. The molecule has 1 rings (SSSR count). The van der Waals surface area contributed by atoms with Gasteiger partial charge >= 0.3 is 0 Å². The van der Waals surface area contributed by atoms with E-state index in [0.717, 1.165) is 17.7 Å². The first kappa shape index (κ1) is 15.5. The molecule has 4 nitrogen and oxygen atoms in total. The van der Waals surface area contributed by atoms with Crippen molar-refractivity contribution in [2.75, 3.05) is 13.7 Å². The Morgan fingerprint density at radius 2 is 2.21 bits per heavy atom. The molecule has 0 aliphatic heterocycles. The number of phenols is 1. The maximum absolute atomic E-state index is 9.96. The molecule has 19 heavy (non-hydrogen) atoms. The van der Waals surface area contributed by atoms with Gasteiger partial charge in [-0.2, -0.15) is 0 Å². The van der Waals surface area contributed by atoms with Gasteiger partial charge in [0.15, 0.2) is 11.5 Å². The molecular weight excluding hydrogens is 242 g/mol. The van der Waals surface area contributed by atoms with E-state index in [2.05, 4.69) is 11.9 Å². The molecule has 3 N–H and O–H groups in total. The van der Waals surface area contributed by atoms with Crippen LogP contribution in [0, 0.1) is 0 Å². The molecule has 0 aliphatic rings. The number of rotatable bonds is 8. The molecule has 0 spiro atoms. The minimum absolute atomic E-state index is 0.176. The van der Waals surface area contributed by atoms with Crippen LogP contribution >= 0.6 is 0 Å². The molecule has 0 fully saturated rings. The highest BCUT2D eigenvalue weighted by molar-refractivity contribution is 5.49. The van der Waals surface area contributed by atoms with Crippen LogP contribution in [0.25, 0.3) is 0 Å². The number of nitrogens with one attached hydrogen (secondary N) is 1. The fourth-order valence-electron chi connectivity index (χ4n) is 1.84. The summed E-state index contributed by atoms with van der Waals surface area (Å²) in [7, 11) is 1.54. The maximum Gasteiger partial charge on any atom is 0.161 e. The van der Waals surface area contributed by atoms with Crippen LogP contribution in [0.3, 0.4) is 0 Å². The minimum atomic E-state index is -0.293. The van der Waals surface area contributed by atoms with Gasteiger partial charge in [-0.05, 0) is 37.9 Å². The van der Waals surface area contributed by atoms with Crippen LogP contribution < -0.4 is 10.1 Å². The van der Waals surface area contributed by atoms with E-state index in [9.17, 15) is 10.2 Å². The highest BCUT2D eigenvalue weighted by atomic mass is 16.5. The highest BCUT2D eigenvalue weighted by Crippen LogP contribution is 2.31. The van der Waals surface area contributed by atoms with E-state index in [1.54, 1.807) is 13.0 Å². The summed E-state index contributed by atoms with van der Waals surface area (Å²) in [5, 5.41) is 22.4. The average molecular weight is 265 g/mol. The second-order valence-corrected chi connectivity index (χ2v) is 4.61. The summed E-state index contributed by atoms with van der Waals surface area (Å²) in [4.78, 5) is 0. The predicted molar refractivity (Wildman–Crippen MR) is 76.6 cm³/mol. The van der Waals surface area contributed by atoms with Gasteiger partial charge in [-0.25, -0.2) is 0 Å². The molecule has 0 saturated carbocycles. The summed E-state index contributed by atoms with van der Waals surface area (Å²) < 4.78 is 5.17. The molecule has 1 atom stereocenters. The van der Waals surface area contributed by atoms with Crippen molar-refractivity contribution < 1.29 is 14.9 Å². The summed E-state index contributed by atoms with van der Waals surface area (Å²) in [6.45, 7) is 6.87. The third kappa shape index (κ3) is 4.93. The fourth-order valence-corrected chi connectivity index (χ4v) is 1.84. The molecule has 1 unspecified atom stereocenters. The van der Waals surface area contributed by atoms with Crippen LogP contribution in [-0.4, -0.2) is 30.0 Å². The van der Waals surface area contributed by atoms with Crippen molar-refractivity contribution in [1.82, 2.24) is 5.32 Å². The zero-order valence-electron chi connectivity index (χ0n) is 11.6. The number of methoxy groups -OCH3 is 1. The molecular formula is C15H23NO3. The Balaban J connectivity index is 2.72. The number of phenolic OH excluding ortho intramolecular Hbond substituents is 1. The molecule has 4 heteroatoms. The Morgan fingerprint density at radius 3 is 2.79 bits per heavy atom. The quantitative estimate of drug-likeness (QED) is 0.497. The van der Waals surface area contributed by atoms with Crippen molar-refractivity contribution in [2.24, 2.45) is 0 Å². The molecule has 0 bridgehead atoms. The van der Waals surface area contributed by atoms with E-state index in [1.165, 1.54) is 7.11 Å². The van der Waals surface area contributed by atoms with Crippen LogP contribution in [-0.2, 0) is 13.0 Å². The summed E-state index contributed by atoms with van der Waals surface area (Å²) >= 11 is 0. The van der Waals surface area contributed by atoms with E-state index in [-0.39, 0.29) is 11.9 Å². The summed E-state index contributed by atoms with van der Waals surface area (Å²) in [6, 6.07) is 3.76. The van der Waals surface area contributed by atoms with Crippen molar-refractivity contribution >= 4 is 0 Å². The summed E-state index contributed by atoms with van der Waals surface area (Å²) in [5.74, 6) is 0.654. The van der Waals surface area contributed by atoms with E-state index in [4.69, 9.17) is 4.74 Å². The molecule has 0 radical (unpaired) electrons. The summed E-state index contributed by atoms with van der Waals surface area (Å²) in [6.07, 6.45) is 2.77. The van der Waals surface area contributed by atoms with Crippen molar-refractivity contribution in [2.45, 2.75) is 32.4 Å². The van der Waals surface area contributed by atoms with Crippen LogP contribution in [0.1, 0.15) is 24.5 Å². The van der Waals surface area contributed by atoms with Crippen molar-refractivity contribution in [3.05, 3.63) is 35.9 Å². The van der Waals surface area contributed by atoms with E-state index in [0.29, 0.717) is 25.1 Å². The Morgan fingerprint density at radius 1 is 1.47 bits per heavy atom. The van der Waals surface area contributed by atoms with Crippen molar-refractivity contribution in [1.29, 1.82) is 0 Å². The lowest BCUT2D eigenvalue weighted by Crippen LogP contribution is -2.18. The van der Waals surface area contributed by atoms with Gasteiger partial charge in [-0.3, -0.25) is 0 Å². The molecule has 0 amide bonds. The Hall–Kier alpha value is -1.52. The SMILES string of the molecule is C=CCc1cc(CNCCC(C)O)cc(OC)c1O. The second-order valence-electron chi connectivity index (χ2n) is 4.61. The molecule has 1 aromatic rings. The lowest BCUT2D eigenvalue weighted by atomic mass is 10.1. The van der Waals surface area contributed by atoms with Crippen LogP contribution in [0.2, 0.25) is 0 Å². The first-order chi connectivity index (χ1) is 9.08. The zero-order chi connectivity index (χ0) is 14.3. The topological polar surface area (TPSA) is 61.7 Å². The van der Waals surface area contributed by atoms with E-state index >= 15 is 0 Å². The number of aliphatic hydroxyl groups excluding tert-OH is 1. The van der Waals surface area contributed by atoms with Crippen molar-refractivity contribution in [3.63, 3.8) is 0 Å². The largest absolute Gasteiger partial charge is 0.504 e. The number of aromatic hydroxyl groups is 1. The Labute approximate surface area is 114 Å². The van der Waals surface area contributed by atoms with Crippen LogP contribution in [0.15, 0.2) is 24.8 Å². The number of benzene rings is 1. The molecule has 0 aromatic heterocycles. The number of hydrogen-bond acceptors (Lipinski definition) is 4. The normalized spacial score (nSPS) is 12.2. The van der Waals surface area contributed by atoms with Crippen molar-refractivity contribution in [3.8, 4) is 11.5 Å². The van der Waals surface area contributed by atoms with Crippen LogP contribution in [0.5, 0.6) is 11.5 Å². The highest BCUT2D eigenvalue weighted by Gasteiger charge is 2.09. The first-order valence-corrected chi connectivity index (χ1v) is 6.47. The zero-order valence-corrected chi connectivity index (χ0v) is 11.6. The van der Waals surface area contributed by atoms with Gasteiger partial charge in [0.2, 0.25) is 0 Å². The minimum Gasteiger partial charge on any atom is -0.504 e. The monoisotopic (exact) mass is 265 g/mol. The Kier molecular flexibility index (Phi) is 6.39. The lowest BCUT2D eigenvalue weighted by Gasteiger charge is -2.12. The molecule has 1 aromatic carbocycles. The smallest absolute Gasteiger partial charge is 0.161 e. The van der Waals surface area contributed by atoms with Gasteiger partial charge in [0.05, 0.1) is 13.2 Å². The molecule has 0 saturated heterocycles. The molecule has 0 heterocycles. The number of aliphatic hydroxyl groups is 1. The lowest BCUT2D eigenvalue weighted by molar-refractivity contribution is 0.183. The third-order valence-corrected chi connectivity index (χ3v) is 2.87. The second kappa shape index (κ2) is 7.81. The van der Waals surface area contributed by atoms with Gasteiger partial charge < -0.3 is 20.3 Å². The number of hydrogen-bond donors (Lipinski definition) is 3. The molecule has 0 aliphatic carbocycles. The number of allylic oxidation sites excluding steroid dienone is 1. The maximum atomic E-state index is 9.96. The average Bonchev–Trinajstić information content (AvgIpc) is 2.38. The summed E-state index contributed by atoms with van der Waals surface area (Å²) in [5.41, 5.74) is 1.85. The van der Waals surface area contributed by atoms with Gasteiger partial charge in [0, 0.05) is 12.1 Å². The standard InChI is InChI=1S/C15H23NO3/c1-4-5-13-8-12(9-14(19-3)15(13)18)10-16-7-6-11(2)17/h4,8-9,11,16-18H,1,5-7,10H2,2-3H3.